The lowest BCUT2D eigenvalue weighted by atomic mass is 10.2. The van der Waals surface area contributed by atoms with Crippen LogP contribution in [0.4, 0.5) is 0 Å². The van der Waals surface area contributed by atoms with E-state index in [-0.39, 0.29) is 0 Å². The van der Waals surface area contributed by atoms with Gasteiger partial charge in [0.2, 0.25) is 0 Å². The Balaban J connectivity index is 2.00. The highest BCUT2D eigenvalue weighted by Crippen LogP contribution is 2.08. The Labute approximate surface area is 99.8 Å². The van der Waals surface area contributed by atoms with E-state index in [1.165, 1.54) is 25.9 Å². The summed E-state index contributed by atoms with van der Waals surface area (Å²) in [6.07, 6.45) is 2.50. The molecule has 0 aromatic rings. The van der Waals surface area contributed by atoms with Crippen LogP contribution in [0.3, 0.4) is 0 Å². The third-order valence-corrected chi connectivity index (χ3v) is 2.86. The van der Waals surface area contributed by atoms with Crippen molar-refractivity contribution in [3.05, 3.63) is 12.2 Å². The van der Waals surface area contributed by atoms with Crippen molar-refractivity contribution < 1.29 is 4.74 Å². The second-order valence-corrected chi connectivity index (χ2v) is 4.75. The van der Waals surface area contributed by atoms with Crippen LogP contribution in [0.15, 0.2) is 12.2 Å². The van der Waals surface area contributed by atoms with Crippen LogP contribution in [-0.4, -0.2) is 50.3 Å². The normalized spacial score (nSPS) is 21.5. The van der Waals surface area contributed by atoms with Crippen LogP contribution < -0.4 is 5.32 Å². The molecule has 0 aliphatic carbocycles. The van der Waals surface area contributed by atoms with Gasteiger partial charge in [-0.05, 0) is 32.9 Å². The number of ether oxygens (including phenoxy) is 1. The first-order valence-electron chi connectivity index (χ1n) is 6.40. The molecule has 0 bridgehead atoms. The molecule has 0 amide bonds. The Morgan fingerprint density at radius 3 is 3.06 bits per heavy atom. The average Bonchev–Trinajstić information content (AvgIpc) is 2.69. The second-order valence-electron chi connectivity index (χ2n) is 4.75. The molecule has 3 nitrogen and oxygen atoms in total. The predicted molar refractivity (Wildman–Crippen MR) is 68.8 cm³/mol. The summed E-state index contributed by atoms with van der Waals surface area (Å²) < 4.78 is 5.51. The topological polar surface area (TPSA) is 24.5 Å². The van der Waals surface area contributed by atoms with Gasteiger partial charge in [0.25, 0.3) is 0 Å². The van der Waals surface area contributed by atoms with Gasteiger partial charge < -0.3 is 10.1 Å². The van der Waals surface area contributed by atoms with E-state index < -0.39 is 0 Å². The SMILES string of the molecule is C=C(C)COCCN1CCC(NCCC)C1. The lowest BCUT2D eigenvalue weighted by Gasteiger charge is -2.16. The molecule has 16 heavy (non-hydrogen) atoms. The summed E-state index contributed by atoms with van der Waals surface area (Å²) in [5, 5.41) is 3.57. The zero-order valence-corrected chi connectivity index (χ0v) is 10.8. The van der Waals surface area contributed by atoms with Crippen molar-refractivity contribution in [2.24, 2.45) is 0 Å². The minimum absolute atomic E-state index is 0.695. The van der Waals surface area contributed by atoms with Crippen LogP contribution in [-0.2, 0) is 4.74 Å². The zero-order chi connectivity index (χ0) is 11.8. The first kappa shape index (κ1) is 13.7. The van der Waals surface area contributed by atoms with E-state index in [1.807, 2.05) is 6.92 Å². The van der Waals surface area contributed by atoms with Crippen molar-refractivity contribution in [2.45, 2.75) is 32.7 Å². The van der Waals surface area contributed by atoms with Crippen LogP contribution in [0.25, 0.3) is 0 Å². The molecule has 0 saturated carbocycles. The molecule has 1 aliphatic heterocycles. The standard InChI is InChI=1S/C13H26N2O/c1-4-6-14-13-5-7-15(10-13)8-9-16-11-12(2)3/h13-14H,2,4-11H2,1,3H3. The Hall–Kier alpha value is -0.380. The molecule has 1 aliphatic rings. The van der Waals surface area contributed by atoms with Gasteiger partial charge in [0.15, 0.2) is 0 Å². The molecule has 0 radical (unpaired) electrons. The van der Waals surface area contributed by atoms with E-state index in [4.69, 9.17) is 4.74 Å². The van der Waals surface area contributed by atoms with Gasteiger partial charge in [-0.3, -0.25) is 4.90 Å². The van der Waals surface area contributed by atoms with Crippen molar-refractivity contribution in [1.82, 2.24) is 10.2 Å². The fraction of sp³-hybridized carbons (Fsp3) is 0.846. The van der Waals surface area contributed by atoms with E-state index in [2.05, 4.69) is 23.7 Å². The van der Waals surface area contributed by atoms with E-state index in [1.54, 1.807) is 0 Å². The van der Waals surface area contributed by atoms with Gasteiger partial charge >= 0.3 is 0 Å². The maximum Gasteiger partial charge on any atom is 0.0672 e. The third kappa shape index (κ3) is 5.64. The summed E-state index contributed by atoms with van der Waals surface area (Å²) in [6, 6.07) is 0.695. The van der Waals surface area contributed by atoms with Gasteiger partial charge in [-0.2, -0.15) is 0 Å². The minimum Gasteiger partial charge on any atom is -0.376 e. The molecule has 0 spiro atoms. The minimum atomic E-state index is 0.695. The molecule has 94 valence electrons. The number of rotatable bonds is 8. The number of hydrogen-bond acceptors (Lipinski definition) is 3. The van der Waals surface area contributed by atoms with Crippen LogP contribution in [0.5, 0.6) is 0 Å². The zero-order valence-electron chi connectivity index (χ0n) is 10.8. The fourth-order valence-electron chi connectivity index (χ4n) is 1.99. The summed E-state index contributed by atoms with van der Waals surface area (Å²) in [6.45, 7) is 14.1. The quantitative estimate of drug-likeness (QED) is 0.503. The lowest BCUT2D eigenvalue weighted by molar-refractivity contribution is 0.128. The summed E-state index contributed by atoms with van der Waals surface area (Å²) in [4.78, 5) is 2.48. The van der Waals surface area contributed by atoms with Crippen molar-refractivity contribution in [3.8, 4) is 0 Å². The number of likely N-dealkylation sites (tertiary alicyclic amines) is 1. The molecule has 1 saturated heterocycles. The Bertz CT molecular complexity index is 206. The van der Waals surface area contributed by atoms with E-state index in [0.29, 0.717) is 12.6 Å². The van der Waals surface area contributed by atoms with Gasteiger partial charge in [-0.1, -0.05) is 19.1 Å². The first-order valence-corrected chi connectivity index (χ1v) is 6.40. The van der Waals surface area contributed by atoms with Crippen LogP contribution in [0.2, 0.25) is 0 Å². The van der Waals surface area contributed by atoms with E-state index in [0.717, 1.165) is 25.3 Å². The molecule has 1 fully saturated rings. The summed E-state index contributed by atoms with van der Waals surface area (Å²) in [5.74, 6) is 0. The molecular formula is C13H26N2O. The number of nitrogens with one attached hydrogen (secondary N) is 1. The highest BCUT2D eigenvalue weighted by Gasteiger charge is 2.20. The molecule has 1 rings (SSSR count). The Kier molecular flexibility index (Phi) is 6.69. The molecule has 1 atom stereocenters. The van der Waals surface area contributed by atoms with Crippen molar-refractivity contribution in [3.63, 3.8) is 0 Å². The fourth-order valence-corrected chi connectivity index (χ4v) is 1.99. The van der Waals surface area contributed by atoms with Crippen LogP contribution >= 0.6 is 0 Å². The van der Waals surface area contributed by atoms with Crippen LogP contribution in [0.1, 0.15) is 26.7 Å². The van der Waals surface area contributed by atoms with Crippen LogP contribution in [0, 0.1) is 0 Å². The smallest absolute Gasteiger partial charge is 0.0672 e. The summed E-state index contributed by atoms with van der Waals surface area (Å²) in [5.41, 5.74) is 1.10. The van der Waals surface area contributed by atoms with Crippen molar-refractivity contribution in [1.29, 1.82) is 0 Å². The highest BCUT2D eigenvalue weighted by molar-refractivity contribution is 4.87. The third-order valence-electron chi connectivity index (χ3n) is 2.86. The largest absolute Gasteiger partial charge is 0.376 e. The molecule has 0 aromatic carbocycles. The number of nitrogens with zero attached hydrogens (tertiary/aromatic N) is 1. The lowest BCUT2D eigenvalue weighted by Crippen LogP contribution is -2.34. The molecule has 1 heterocycles. The molecule has 0 aromatic heterocycles. The van der Waals surface area contributed by atoms with E-state index in [9.17, 15) is 0 Å². The first-order chi connectivity index (χ1) is 7.72. The van der Waals surface area contributed by atoms with Gasteiger partial charge in [0.1, 0.15) is 0 Å². The molecule has 1 unspecified atom stereocenters. The second kappa shape index (κ2) is 7.82. The molecule has 1 N–H and O–H groups in total. The summed E-state index contributed by atoms with van der Waals surface area (Å²) >= 11 is 0. The van der Waals surface area contributed by atoms with E-state index >= 15 is 0 Å². The highest BCUT2D eigenvalue weighted by atomic mass is 16.5. The Morgan fingerprint density at radius 1 is 1.56 bits per heavy atom. The maximum absolute atomic E-state index is 5.51. The molecular weight excluding hydrogens is 200 g/mol. The number of hydrogen-bond donors (Lipinski definition) is 1. The maximum atomic E-state index is 5.51. The predicted octanol–water partition coefficient (Wildman–Crippen LogP) is 1.65. The average molecular weight is 226 g/mol. The van der Waals surface area contributed by atoms with Gasteiger partial charge in [-0.15, -0.1) is 0 Å². The molecule has 3 heteroatoms. The van der Waals surface area contributed by atoms with Gasteiger partial charge in [-0.25, -0.2) is 0 Å². The van der Waals surface area contributed by atoms with Crippen molar-refractivity contribution in [2.75, 3.05) is 39.4 Å². The van der Waals surface area contributed by atoms with Gasteiger partial charge in [0, 0.05) is 19.1 Å². The van der Waals surface area contributed by atoms with Crippen molar-refractivity contribution >= 4 is 0 Å². The van der Waals surface area contributed by atoms with Gasteiger partial charge in [0.05, 0.1) is 13.2 Å². The Morgan fingerprint density at radius 2 is 2.38 bits per heavy atom. The monoisotopic (exact) mass is 226 g/mol. The summed E-state index contributed by atoms with van der Waals surface area (Å²) in [7, 11) is 0.